The van der Waals surface area contributed by atoms with Gasteiger partial charge in [-0.05, 0) is 29.7 Å². The summed E-state index contributed by atoms with van der Waals surface area (Å²) in [6, 6.07) is 6.31. The third-order valence-corrected chi connectivity index (χ3v) is 5.41. The van der Waals surface area contributed by atoms with E-state index in [0.717, 1.165) is 17.3 Å². The van der Waals surface area contributed by atoms with Gasteiger partial charge in [-0.2, -0.15) is 0 Å². The second-order valence-corrected chi connectivity index (χ2v) is 7.56. The lowest BCUT2D eigenvalue weighted by Crippen LogP contribution is -2.47. The summed E-state index contributed by atoms with van der Waals surface area (Å²) in [5, 5.41) is 9.54. The number of amides is 1. The molecular weight excluding hydrogens is 370 g/mol. The first-order chi connectivity index (χ1) is 12.4. The third kappa shape index (κ3) is 4.53. The number of carboxylic acids is 1. The quantitative estimate of drug-likeness (QED) is 0.411. The molecule has 7 heteroatoms. The van der Waals surface area contributed by atoms with Crippen LogP contribution in [-0.4, -0.2) is 38.9 Å². The molecule has 0 aliphatic carbocycles. The van der Waals surface area contributed by atoms with E-state index in [2.05, 4.69) is 6.58 Å². The fourth-order valence-electron chi connectivity index (χ4n) is 2.52. The van der Waals surface area contributed by atoms with Crippen LogP contribution in [0, 0.1) is 5.92 Å². The number of thiocarbonyl (C=S) groups is 1. The number of ether oxygens (including phenoxy) is 1. The van der Waals surface area contributed by atoms with Crippen LogP contribution in [-0.2, 0) is 9.59 Å². The Labute approximate surface area is 162 Å². The van der Waals surface area contributed by atoms with Gasteiger partial charge in [0.05, 0.1) is 4.91 Å². The van der Waals surface area contributed by atoms with E-state index in [1.165, 1.54) is 4.90 Å². The third-order valence-electron chi connectivity index (χ3n) is 4.08. The Morgan fingerprint density at radius 2 is 2.08 bits per heavy atom. The Balaban J connectivity index is 2.23. The topological polar surface area (TPSA) is 66.8 Å². The predicted octanol–water partition coefficient (Wildman–Crippen LogP) is 3.95. The maximum atomic E-state index is 12.7. The molecule has 1 heterocycles. The fraction of sp³-hybridized carbons (Fsp3) is 0.316. The smallest absolute Gasteiger partial charge is 0.327 e. The molecule has 0 aromatic heterocycles. The molecule has 138 valence electrons. The summed E-state index contributed by atoms with van der Waals surface area (Å²) in [5.74, 6) is -0.895. The molecular formula is C19H21NO4S2. The Morgan fingerprint density at radius 3 is 2.62 bits per heavy atom. The van der Waals surface area contributed by atoms with Crippen LogP contribution in [0.3, 0.4) is 0 Å². The molecule has 0 radical (unpaired) electrons. The molecule has 1 aromatic carbocycles. The molecule has 1 aromatic rings. The van der Waals surface area contributed by atoms with Gasteiger partial charge in [0.15, 0.2) is 0 Å². The van der Waals surface area contributed by atoms with Gasteiger partial charge in [-0.3, -0.25) is 9.69 Å². The Bertz CT molecular complexity index is 742. The largest absolute Gasteiger partial charge is 0.490 e. The molecule has 1 saturated heterocycles. The molecule has 0 bridgehead atoms. The van der Waals surface area contributed by atoms with Crippen molar-refractivity contribution in [3.05, 3.63) is 47.4 Å². The molecule has 2 atom stereocenters. The molecule has 1 N–H and O–H groups in total. The zero-order valence-corrected chi connectivity index (χ0v) is 16.3. The highest BCUT2D eigenvalue weighted by Gasteiger charge is 2.42. The second kappa shape index (κ2) is 9.00. The van der Waals surface area contributed by atoms with E-state index in [4.69, 9.17) is 17.0 Å². The van der Waals surface area contributed by atoms with Crippen molar-refractivity contribution in [2.75, 3.05) is 6.61 Å². The van der Waals surface area contributed by atoms with Crippen LogP contribution >= 0.6 is 24.0 Å². The number of nitrogens with zero attached hydrogens (tertiary/aromatic N) is 1. The Kier molecular flexibility index (Phi) is 6.99. The highest BCUT2D eigenvalue weighted by molar-refractivity contribution is 8.26. The minimum absolute atomic E-state index is 0.198. The minimum atomic E-state index is -1.04. The van der Waals surface area contributed by atoms with Crippen LogP contribution in [0.25, 0.3) is 6.08 Å². The molecule has 5 nitrogen and oxygen atoms in total. The summed E-state index contributed by atoms with van der Waals surface area (Å²) in [6.07, 6.45) is 4.01. The monoisotopic (exact) mass is 391 g/mol. The van der Waals surface area contributed by atoms with Gasteiger partial charge in [0.25, 0.3) is 5.91 Å². The van der Waals surface area contributed by atoms with Crippen LogP contribution in [0.1, 0.15) is 25.8 Å². The van der Waals surface area contributed by atoms with Gasteiger partial charge in [-0.15, -0.1) is 0 Å². The first kappa shape index (κ1) is 20.2. The van der Waals surface area contributed by atoms with E-state index in [9.17, 15) is 14.7 Å². The van der Waals surface area contributed by atoms with Crippen LogP contribution in [0.4, 0.5) is 0 Å². The van der Waals surface area contributed by atoms with Crippen molar-refractivity contribution in [3.8, 4) is 5.75 Å². The van der Waals surface area contributed by atoms with Gasteiger partial charge in [0.1, 0.15) is 22.7 Å². The zero-order chi connectivity index (χ0) is 19.3. The van der Waals surface area contributed by atoms with E-state index >= 15 is 0 Å². The summed E-state index contributed by atoms with van der Waals surface area (Å²) in [5.41, 5.74) is 0.812. The van der Waals surface area contributed by atoms with Crippen LogP contribution in [0.2, 0.25) is 0 Å². The lowest BCUT2D eigenvalue weighted by molar-refractivity contribution is -0.147. The average Bonchev–Trinajstić information content (AvgIpc) is 2.88. The number of hydrogen-bond acceptors (Lipinski definition) is 5. The van der Waals surface area contributed by atoms with Crippen LogP contribution in [0.15, 0.2) is 41.8 Å². The lowest BCUT2D eigenvalue weighted by atomic mass is 9.98. The molecule has 0 saturated carbocycles. The van der Waals surface area contributed by atoms with E-state index in [-0.39, 0.29) is 16.1 Å². The maximum Gasteiger partial charge on any atom is 0.327 e. The first-order valence-corrected chi connectivity index (χ1v) is 9.45. The van der Waals surface area contributed by atoms with Crippen molar-refractivity contribution in [3.63, 3.8) is 0 Å². The first-order valence-electron chi connectivity index (χ1n) is 8.22. The normalized spacial score (nSPS) is 18.1. The van der Waals surface area contributed by atoms with Gasteiger partial charge < -0.3 is 9.84 Å². The molecule has 1 aliphatic heterocycles. The summed E-state index contributed by atoms with van der Waals surface area (Å²) >= 11 is 6.41. The average molecular weight is 392 g/mol. The number of carbonyl (C=O) groups is 2. The number of hydrogen-bond donors (Lipinski definition) is 1. The molecule has 1 amide bonds. The Morgan fingerprint density at radius 1 is 1.42 bits per heavy atom. The van der Waals surface area contributed by atoms with Gasteiger partial charge in [0, 0.05) is 0 Å². The summed E-state index contributed by atoms with van der Waals surface area (Å²) in [4.78, 5) is 26.1. The maximum absolute atomic E-state index is 12.7. The molecule has 26 heavy (non-hydrogen) atoms. The Hall–Kier alpha value is -2.12. The van der Waals surface area contributed by atoms with E-state index in [0.29, 0.717) is 23.7 Å². The predicted molar refractivity (Wildman–Crippen MR) is 108 cm³/mol. The van der Waals surface area contributed by atoms with Crippen molar-refractivity contribution < 1.29 is 19.4 Å². The summed E-state index contributed by atoms with van der Waals surface area (Å²) < 4.78 is 5.70. The van der Waals surface area contributed by atoms with Gasteiger partial charge in [0.2, 0.25) is 0 Å². The van der Waals surface area contributed by atoms with Crippen molar-refractivity contribution in [1.82, 2.24) is 4.90 Å². The summed E-state index contributed by atoms with van der Waals surface area (Å²) in [6.45, 7) is 7.72. The number of rotatable bonds is 8. The molecule has 1 fully saturated rings. The highest BCUT2D eigenvalue weighted by atomic mass is 32.2. The standard InChI is InChI=1S/C19H21NO4S2/c1-4-10-24-14-8-6-13(7-9-14)11-15-17(21)20(19(25)26-15)16(18(22)23)12(3)5-2/h4,6-9,11-12,16H,1,5,10H2,2-3H3,(H,22,23)/b15-11-/t12-,16+/m0/s1. The van der Waals surface area contributed by atoms with Gasteiger partial charge >= 0.3 is 5.97 Å². The van der Waals surface area contributed by atoms with Gasteiger partial charge in [-0.1, -0.05) is 69.0 Å². The van der Waals surface area contributed by atoms with Crippen molar-refractivity contribution in [2.45, 2.75) is 26.3 Å². The highest BCUT2D eigenvalue weighted by Crippen LogP contribution is 2.36. The summed E-state index contributed by atoms with van der Waals surface area (Å²) in [7, 11) is 0. The van der Waals surface area contributed by atoms with Crippen molar-refractivity contribution in [2.24, 2.45) is 5.92 Å². The van der Waals surface area contributed by atoms with Gasteiger partial charge in [-0.25, -0.2) is 4.79 Å². The molecule has 2 rings (SSSR count). The molecule has 0 unspecified atom stereocenters. The number of carboxylic acid groups (broad SMARTS) is 1. The molecule has 1 aliphatic rings. The van der Waals surface area contributed by atoms with Crippen molar-refractivity contribution >= 4 is 46.3 Å². The van der Waals surface area contributed by atoms with E-state index in [1.807, 2.05) is 26.0 Å². The lowest BCUT2D eigenvalue weighted by Gasteiger charge is -2.27. The second-order valence-electron chi connectivity index (χ2n) is 5.89. The fourth-order valence-corrected chi connectivity index (χ4v) is 3.85. The number of thioether (sulfide) groups is 1. The zero-order valence-electron chi connectivity index (χ0n) is 14.7. The minimum Gasteiger partial charge on any atom is -0.490 e. The van der Waals surface area contributed by atoms with Crippen LogP contribution in [0.5, 0.6) is 5.75 Å². The van der Waals surface area contributed by atoms with E-state index in [1.54, 1.807) is 24.3 Å². The number of benzene rings is 1. The molecule has 0 spiro atoms. The van der Waals surface area contributed by atoms with E-state index < -0.39 is 12.0 Å². The number of carbonyl (C=O) groups excluding carboxylic acids is 1. The van der Waals surface area contributed by atoms with Crippen molar-refractivity contribution in [1.29, 1.82) is 0 Å². The van der Waals surface area contributed by atoms with Crippen LogP contribution < -0.4 is 4.74 Å². The SMILES string of the molecule is C=CCOc1ccc(/C=C2\SC(=S)N([C@@H](C(=O)O)[C@@H](C)CC)C2=O)cc1. The number of aliphatic carboxylic acids is 1.